The average Bonchev–Trinajstić information content (AvgIpc) is 2.88. The van der Waals surface area contributed by atoms with E-state index in [4.69, 9.17) is 14.6 Å². The van der Waals surface area contributed by atoms with Gasteiger partial charge in [0.2, 0.25) is 15.9 Å². The molecule has 3 N–H and O–H groups in total. The summed E-state index contributed by atoms with van der Waals surface area (Å²) in [5, 5.41) is 12.7. The minimum absolute atomic E-state index is 0.0992. The van der Waals surface area contributed by atoms with Crippen molar-refractivity contribution in [3.05, 3.63) is 89.5 Å². The highest BCUT2D eigenvalue weighted by Crippen LogP contribution is 2.27. The average molecular weight is 526 g/mol. The quantitative estimate of drug-likeness (QED) is 0.244. The largest absolute Gasteiger partial charge is 0.493 e. The monoisotopic (exact) mass is 525 g/mol. The van der Waals surface area contributed by atoms with E-state index in [2.05, 4.69) is 15.2 Å². The maximum Gasteiger partial charge on any atom is 0.341 e. The smallest absolute Gasteiger partial charge is 0.341 e. The number of ether oxygens (including phenoxy) is 2. The zero-order valence-corrected chi connectivity index (χ0v) is 21.1. The molecule has 0 heterocycles. The summed E-state index contributed by atoms with van der Waals surface area (Å²) in [6.07, 6.45) is 1.17. The number of sulfonamides is 1. The number of aryl methyl sites for hydroxylation is 1. The van der Waals surface area contributed by atoms with Gasteiger partial charge in [0, 0.05) is 6.42 Å². The van der Waals surface area contributed by atoms with E-state index in [1.807, 2.05) is 6.92 Å². The van der Waals surface area contributed by atoms with Gasteiger partial charge in [0.1, 0.15) is 0 Å². The molecule has 0 aliphatic heterocycles. The molecule has 37 heavy (non-hydrogen) atoms. The predicted molar refractivity (Wildman–Crippen MR) is 137 cm³/mol. The number of carboxylic acid groups (broad SMARTS) is 1. The van der Waals surface area contributed by atoms with Gasteiger partial charge in [-0.1, -0.05) is 48.0 Å². The Hall–Kier alpha value is -4.22. The molecule has 3 rings (SSSR count). The Labute approximate surface area is 215 Å². The van der Waals surface area contributed by atoms with Crippen LogP contribution >= 0.6 is 0 Å². The summed E-state index contributed by atoms with van der Waals surface area (Å²) in [6, 6.07) is 19.1. The minimum atomic E-state index is -3.89. The molecule has 0 aliphatic rings. The van der Waals surface area contributed by atoms with E-state index in [0.717, 1.165) is 5.56 Å². The van der Waals surface area contributed by atoms with Crippen LogP contribution in [0.5, 0.6) is 11.5 Å². The van der Waals surface area contributed by atoms with Crippen molar-refractivity contribution >= 4 is 28.1 Å². The Morgan fingerprint density at radius 2 is 1.73 bits per heavy atom. The lowest BCUT2D eigenvalue weighted by atomic mass is 10.0. The highest BCUT2D eigenvalue weighted by molar-refractivity contribution is 7.89. The normalized spacial score (nSPS) is 12.2. The Bertz CT molecular complexity index is 1360. The standard InChI is InChI=1S/C26H27N3O7S/c1-18-8-11-21(12-9-18)37(33,34)29-22(20-6-4-3-5-7-20)15-25(30)28-27-16-19-10-13-23(24(14-19)35-2)36-17-26(31)32/h3-14,16,22,29H,15,17H2,1-2H3,(H,28,30)(H,31,32)/b27-16-/t22-/m1/s1. The van der Waals surface area contributed by atoms with Gasteiger partial charge in [-0.15, -0.1) is 0 Å². The Morgan fingerprint density at radius 3 is 2.38 bits per heavy atom. The summed E-state index contributed by atoms with van der Waals surface area (Å²) in [5.41, 5.74) is 4.51. The second kappa shape index (κ2) is 12.7. The van der Waals surface area contributed by atoms with Crippen LogP contribution in [0.4, 0.5) is 0 Å². The van der Waals surface area contributed by atoms with Gasteiger partial charge in [-0.2, -0.15) is 5.10 Å². The van der Waals surface area contributed by atoms with Gasteiger partial charge in [-0.3, -0.25) is 4.79 Å². The van der Waals surface area contributed by atoms with Crippen molar-refractivity contribution in [1.29, 1.82) is 0 Å². The van der Waals surface area contributed by atoms with Gasteiger partial charge >= 0.3 is 5.97 Å². The molecule has 0 saturated carbocycles. The Kier molecular flexibility index (Phi) is 9.36. The molecule has 1 amide bonds. The number of methoxy groups -OCH3 is 1. The number of hydrogen-bond donors (Lipinski definition) is 3. The van der Waals surface area contributed by atoms with Gasteiger partial charge in [-0.05, 0) is 48.4 Å². The number of benzene rings is 3. The molecule has 194 valence electrons. The van der Waals surface area contributed by atoms with Crippen molar-refractivity contribution in [3.8, 4) is 11.5 Å². The van der Waals surface area contributed by atoms with Gasteiger partial charge in [0.15, 0.2) is 18.1 Å². The number of carbonyl (C=O) groups excluding carboxylic acids is 1. The second-order valence-electron chi connectivity index (χ2n) is 7.99. The van der Waals surface area contributed by atoms with Crippen molar-refractivity contribution in [2.75, 3.05) is 13.7 Å². The maximum atomic E-state index is 13.0. The number of carbonyl (C=O) groups is 2. The van der Waals surface area contributed by atoms with Crippen LogP contribution in [-0.2, 0) is 19.6 Å². The van der Waals surface area contributed by atoms with Crippen molar-refractivity contribution in [2.24, 2.45) is 5.10 Å². The molecule has 0 radical (unpaired) electrons. The fourth-order valence-corrected chi connectivity index (χ4v) is 4.54. The molecule has 0 fully saturated rings. The Morgan fingerprint density at radius 1 is 1.03 bits per heavy atom. The topological polar surface area (TPSA) is 143 Å². The molecule has 0 saturated heterocycles. The summed E-state index contributed by atoms with van der Waals surface area (Å²) < 4.78 is 38.9. The molecule has 1 atom stereocenters. The molecule has 3 aromatic rings. The van der Waals surface area contributed by atoms with Gasteiger partial charge in [-0.25, -0.2) is 23.4 Å². The van der Waals surface area contributed by atoms with E-state index < -0.39 is 34.5 Å². The van der Waals surface area contributed by atoms with Gasteiger partial charge in [0.05, 0.1) is 24.3 Å². The van der Waals surface area contributed by atoms with E-state index in [1.54, 1.807) is 54.6 Å². The highest BCUT2D eigenvalue weighted by Gasteiger charge is 2.23. The molecule has 0 bridgehead atoms. The third-order valence-electron chi connectivity index (χ3n) is 5.16. The van der Waals surface area contributed by atoms with Crippen molar-refractivity contribution in [1.82, 2.24) is 10.1 Å². The van der Waals surface area contributed by atoms with E-state index in [9.17, 15) is 18.0 Å². The molecule has 11 heteroatoms. The van der Waals surface area contributed by atoms with Crippen LogP contribution in [0, 0.1) is 6.92 Å². The van der Waals surface area contributed by atoms with Crippen LogP contribution in [0.15, 0.2) is 82.8 Å². The summed E-state index contributed by atoms with van der Waals surface area (Å²) >= 11 is 0. The minimum Gasteiger partial charge on any atom is -0.493 e. The molecule has 10 nitrogen and oxygen atoms in total. The fraction of sp³-hybridized carbons (Fsp3) is 0.192. The number of aliphatic carboxylic acids is 1. The lowest BCUT2D eigenvalue weighted by Gasteiger charge is -2.18. The third-order valence-corrected chi connectivity index (χ3v) is 6.65. The lowest BCUT2D eigenvalue weighted by molar-refractivity contribution is -0.139. The van der Waals surface area contributed by atoms with Crippen LogP contribution in [0.25, 0.3) is 0 Å². The Balaban J connectivity index is 1.69. The first-order valence-electron chi connectivity index (χ1n) is 11.2. The first-order valence-corrected chi connectivity index (χ1v) is 12.6. The molecular weight excluding hydrogens is 498 g/mol. The number of amides is 1. The van der Waals surface area contributed by atoms with Crippen LogP contribution in [0.2, 0.25) is 0 Å². The van der Waals surface area contributed by atoms with Crippen molar-refractivity contribution in [3.63, 3.8) is 0 Å². The molecular formula is C26H27N3O7S. The zero-order valence-electron chi connectivity index (χ0n) is 20.2. The second-order valence-corrected chi connectivity index (χ2v) is 9.70. The van der Waals surface area contributed by atoms with Crippen molar-refractivity contribution in [2.45, 2.75) is 24.3 Å². The fourth-order valence-electron chi connectivity index (χ4n) is 3.32. The summed E-state index contributed by atoms with van der Waals surface area (Å²) in [5.74, 6) is -1.08. The van der Waals surface area contributed by atoms with Crippen LogP contribution in [0.3, 0.4) is 0 Å². The van der Waals surface area contributed by atoms with E-state index in [-0.39, 0.29) is 17.1 Å². The first-order chi connectivity index (χ1) is 17.7. The van der Waals surface area contributed by atoms with Crippen molar-refractivity contribution < 1.29 is 32.6 Å². The number of rotatable bonds is 12. The van der Waals surface area contributed by atoms with Crippen LogP contribution in [-0.4, -0.2) is 45.3 Å². The lowest BCUT2D eigenvalue weighted by Crippen LogP contribution is -2.32. The number of hydrazone groups is 1. The highest BCUT2D eigenvalue weighted by atomic mass is 32.2. The summed E-state index contributed by atoms with van der Waals surface area (Å²) in [6.45, 7) is 1.34. The first kappa shape index (κ1) is 27.4. The number of nitrogens with zero attached hydrogens (tertiary/aromatic N) is 1. The number of nitrogens with one attached hydrogen (secondary N) is 2. The van der Waals surface area contributed by atoms with Gasteiger partial charge in [0.25, 0.3) is 0 Å². The maximum absolute atomic E-state index is 13.0. The van der Waals surface area contributed by atoms with E-state index in [1.165, 1.54) is 31.5 Å². The molecule has 0 aromatic heterocycles. The zero-order chi connectivity index (χ0) is 26.8. The van der Waals surface area contributed by atoms with Crippen LogP contribution in [0.1, 0.15) is 29.2 Å². The molecule has 0 unspecified atom stereocenters. The number of carboxylic acids is 1. The molecule has 0 spiro atoms. The molecule has 3 aromatic carbocycles. The SMILES string of the molecule is COc1cc(/C=N\NC(=O)C[C@@H](NS(=O)(=O)c2ccc(C)cc2)c2ccccc2)ccc1OCC(=O)O. The predicted octanol–water partition coefficient (Wildman–Crippen LogP) is 3.03. The van der Waals surface area contributed by atoms with E-state index >= 15 is 0 Å². The third kappa shape index (κ3) is 8.16. The number of hydrogen-bond acceptors (Lipinski definition) is 7. The molecule has 0 aliphatic carbocycles. The van der Waals surface area contributed by atoms with E-state index in [0.29, 0.717) is 16.9 Å². The summed E-state index contributed by atoms with van der Waals surface area (Å²) in [7, 11) is -2.48. The summed E-state index contributed by atoms with van der Waals surface area (Å²) in [4.78, 5) is 23.5. The van der Waals surface area contributed by atoms with Crippen LogP contribution < -0.4 is 19.6 Å². The van der Waals surface area contributed by atoms with Gasteiger partial charge < -0.3 is 14.6 Å².